The number of carbonyl (C=O) groups is 3. The van der Waals surface area contributed by atoms with Crippen molar-refractivity contribution >= 4 is 17.5 Å². The number of hydrogen-bond acceptors (Lipinski definition) is 5. The molecule has 0 saturated carbocycles. The van der Waals surface area contributed by atoms with E-state index in [2.05, 4.69) is 0 Å². The molecule has 1 aromatic carbocycles. The minimum Gasteiger partial charge on any atom is -0.378 e. The van der Waals surface area contributed by atoms with Gasteiger partial charge in [0.25, 0.3) is 0 Å². The second kappa shape index (κ2) is 6.80. The van der Waals surface area contributed by atoms with Crippen molar-refractivity contribution in [3.63, 3.8) is 0 Å². The Balaban J connectivity index is 2.22. The van der Waals surface area contributed by atoms with Gasteiger partial charge in [-0.05, 0) is 13.8 Å². The van der Waals surface area contributed by atoms with Crippen LogP contribution in [-0.4, -0.2) is 59.6 Å². The summed E-state index contributed by atoms with van der Waals surface area (Å²) in [5.74, 6) is -0.740. The predicted octanol–water partition coefficient (Wildman–Crippen LogP) is 1.87. The molecule has 6 nitrogen and oxygen atoms in total. The van der Waals surface area contributed by atoms with E-state index in [0.717, 1.165) is 0 Å². The van der Waals surface area contributed by atoms with Crippen LogP contribution in [-0.2, 0) is 9.53 Å². The Bertz CT molecular complexity index is 760. The van der Waals surface area contributed by atoms with E-state index >= 15 is 0 Å². The molecule has 0 N–H and O–H groups in total. The quantitative estimate of drug-likeness (QED) is 0.839. The summed E-state index contributed by atoms with van der Waals surface area (Å²) >= 11 is 0. The number of fused-ring (bicyclic) bond motifs is 1. The summed E-state index contributed by atoms with van der Waals surface area (Å²) in [4.78, 5) is 42.0. The second-order valence-corrected chi connectivity index (χ2v) is 6.48. The number of carbonyl (C=O) groups excluding carboxylic acids is 3. The van der Waals surface area contributed by atoms with Crippen molar-refractivity contribution in [2.45, 2.75) is 26.8 Å². The van der Waals surface area contributed by atoms with Crippen LogP contribution in [0.3, 0.4) is 0 Å². The molecule has 1 heterocycles. The highest BCUT2D eigenvalue weighted by Crippen LogP contribution is 2.31. The van der Waals surface area contributed by atoms with E-state index in [-0.39, 0.29) is 29.2 Å². The van der Waals surface area contributed by atoms with Gasteiger partial charge in [0.1, 0.15) is 11.4 Å². The van der Waals surface area contributed by atoms with Crippen LogP contribution in [0, 0.1) is 0 Å². The second-order valence-electron chi connectivity index (χ2n) is 6.48. The number of rotatable bonds is 3. The molecule has 0 atom stereocenters. The Morgan fingerprint density at radius 3 is 2.16 bits per heavy atom. The van der Waals surface area contributed by atoms with Crippen molar-refractivity contribution < 1.29 is 19.1 Å². The Kier molecular flexibility index (Phi) is 4.72. The van der Waals surface area contributed by atoms with Crippen LogP contribution < -0.4 is 0 Å². The number of hydrogen-bond donors (Lipinski definition) is 0. The molecule has 0 aromatic heterocycles. The maximum Gasteiger partial charge on any atom is 0.224 e. The fraction of sp³-hybridized carbons (Fsp3) is 0.421. The number of nitrogens with zero attached hydrogens (tertiary/aromatic N) is 2. The number of amides is 1. The predicted molar refractivity (Wildman–Crippen MR) is 92.2 cm³/mol. The number of ketones is 2. The van der Waals surface area contributed by atoms with Crippen LogP contribution in [0.15, 0.2) is 35.7 Å². The molecule has 25 heavy (non-hydrogen) atoms. The van der Waals surface area contributed by atoms with Gasteiger partial charge < -0.3 is 14.5 Å². The zero-order chi connectivity index (χ0) is 18.1. The normalized spacial score (nSPS) is 17.8. The smallest absolute Gasteiger partial charge is 0.224 e. The van der Waals surface area contributed by atoms with Crippen molar-refractivity contribution in [3.05, 3.63) is 46.8 Å². The van der Waals surface area contributed by atoms with Gasteiger partial charge in [-0.15, -0.1) is 0 Å². The van der Waals surface area contributed by atoms with Crippen LogP contribution >= 0.6 is 0 Å². The molecule has 6 heteroatoms. The largest absolute Gasteiger partial charge is 0.378 e. The first-order chi connectivity index (χ1) is 11.9. The molecule has 132 valence electrons. The zero-order valence-electron chi connectivity index (χ0n) is 14.7. The Labute approximate surface area is 147 Å². The molecule has 1 aliphatic carbocycles. The molecular weight excluding hydrogens is 320 g/mol. The van der Waals surface area contributed by atoms with Crippen LogP contribution in [0.25, 0.3) is 0 Å². The molecule has 0 spiro atoms. The van der Waals surface area contributed by atoms with Gasteiger partial charge in [0.15, 0.2) is 0 Å². The monoisotopic (exact) mass is 342 g/mol. The topological polar surface area (TPSA) is 66.9 Å². The molecule has 0 radical (unpaired) electrons. The fourth-order valence-corrected chi connectivity index (χ4v) is 3.43. The van der Waals surface area contributed by atoms with Gasteiger partial charge in [-0.25, -0.2) is 0 Å². The lowest BCUT2D eigenvalue weighted by Gasteiger charge is -2.37. The van der Waals surface area contributed by atoms with E-state index in [1.54, 1.807) is 24.3 Å². The molecule has 0 bridgehead atoms. The molecule has 1 saturated heterocycles. The van der Waals surface area contributed by atoms with Crippen molar-refractivity contribution in [2.75, 3.05) is 26.3 Å². The lowest BCUT2D eigenvalue weighted by atomic mass is 9.88. The highest BCUT2D eigenvalue weighted by molar-refractivity contribution is 6.27. The molecule has 1 fully saturated rings. The van der Waals surface area contributed by atoms with Gasteiger partial charge in [0.2, 0.25) is 17.5 Å². The standard InChI is InChI=1S/C19H22N2O4/c1-12(2)21(13(3)22)17-16(20-8-10-25-11-9-20)18(23)14-6-4-5-7-15(14)19(17)24/h4-7,12H,8-11H2,1-3H3. The van der Waals surface area contributed by atoms with E-state index < -0.39 is 0 Å². The van der Waals surface area contributed by atoms with E-state index in [4.69, 9.17) is 4.74 Å². The molecule has 1 aromatic rings. The first-order valence-electron chi connectivity index (χ1n) is 8.48. The molecule has 0 unspecified atom stereocenters. The highest BCUT2D eigenvalue weighted by Gasteiger charge is 2.39. The van der Waals surface area contributed by atoms with Gasteiger partial charge in [0, 0.05) is 37.2 Å². The number of morpholine rings is 1. The molecular formula is C19H22N2O4. The average Bonchev–Trinajstić information content (AvgIpc) is 2.60. The summed E-state index contributed by atoms with van der Waals surface area (Å²) in [5.41, 5.74) is 1.25. The summed E-state index contributed by atoms with van der Waals surface area (Å²) in [6.07, 6.45) is 0. The van der Waals surface area contributed by atoms with Crippen LogP contribution in [0.2, 0.25) is 0 Å². The molecule has 1 aliphatic heterocycles. The Hall–Kier alpha value is -2.47. The lowest BCUT2D eigenvalue weighted by molar-refractivity contribution is -0.128. The van der Waals surface area contributed by atoms with Crippen LogP contribution in [0.5, 0.6) is 0 Å². The zero-order valence-corrected chi connectivity index (χ0v) is 14.7. The van der Waals surface area contributed by atoms with Gasteiger partial charge in [-0.1, -0.05) is 24.3 Å². The number of ether oxygens (including phenoxy) is 1. The first kappa shape index (κ1) is 17.4. The van der Waals surface area contributed by atoms with E-state index in [1.807, 2.05) is 18.7 Å². The van der Waals surface area contributed by atoms with Crippen molar-refractivity contribution in [1.29, 1.82) is 0 Å². The molecule has 1 amide bonds. The number of benzene rings is 1. The SMILES string of the molecule is CC(=O)N(C1=C(N2CCOCC2)C(=O)c2ccccc2C1=O)C(C)C. The van der Waals surface area contributed by atoms with E-state index in [0.29, 0.717) is 43.1 Å². The minimum atomic E-state index is -0.277. The Morgan fingerprint density at radius 1 is 1.08 bits per heavy atom. The average molecular weight is 342 g/mol. The highest BCUT2D eigenvalue weighted by atomic mass is 16.5. The van der Waals surface area contributed by atoms with Gasteiger partial charge in [-0.3, -0.25) is 14.4 Å². The Morgan fingerprint density at radius 2 is 1.64 bits per heavy atom. The molecule has 2 aliphatic rings. The van der Waals surface area contributed by atoms with Gasteiger partial charge in [0.05, 0.1) is 13.2 Å². The van der Waals surface area contributed by atoms with Gasteiger partial charge in [-0.2, -0.15) is 0 Å². The van der Waals surface area contributed by atoms with E-state index in [9.17, 15) is 14.4 Å². The maximum absolute atomic E-state index is 13.2. The van der Waals surface area contributed by atoms with Crippen molar-refractivity contribution in [3.8, 4) is 0 Å². The summed E-state index contributed by atoms with van der Waals surface area (Å²) in [6.45, 7) is 7.10. The third-order valence-corrected chi connectivity index (χ3v) is 4.49. The summed E-state index contributed by atoms with van der Waals surface area (Å²) in [6, 6.07) is 6.56. The lowest BCUT2D eigenvalue weighted by Crippen LogP contribution is -2.47. The number of Topliss-reactive ketones (excluding diaryl/α,β-unsaturated/α-hetero) is 2. The third kappa shape index (κ3) is 2.98. The van der Waals surface area contributed by atoms with E-state index in [1.165, 1.54) is 11.8 Å². The van der Waals surface area contributed by atoms with Gasteiger partial charge >= 0.3 is 0 Å². The van der Waals surface area contributed by atoms with Crippen LogP contribution in [0.1, 0.15) is 41.5 Å². The maximum atomic E-state index is 13.2. The molecule has 3 rings (SSSR count). The summed E-state index contributed by atoms with van der Waals surface area (Å²) < 4.78 is 5.37. The minimum absolute atomic E-state index is 0.188. The first-order valence-corrected chi connectivity index (χ1v) is 8.48. The van der Waals surface area contributed by atoms with Crippen LogP contribution in [0.4, 0.5) is 0 Å². The van der Waals surface area contributed by atoms with Crippen molar-refractivity contribution in [2.24, 2.45) is 0 Å². The summed E-state index contributed by atoms with van der Waals surface area (Å²) in [5, 5.41) is 0. The summed E-state index contributed by atoms with van der Waals surface area (Å²) in [7, 11) is 0. The fourth-order valence-electron chi connectivity index (χ4n) is 3.43. The van der Waals surface area contributed by atoms with Crippen molar-refractivity contribution in [1.82, 2.24) is 9.80 Å². The third-order valence-electron chi connectivity index (χ3n) is 4.49. The number of allylic oxidation sites excluding steroid dienone is 2.